The van der Waals surface area contributed by atoms with E-state index in [-0.39, 0.29) is 26.8 Å². The first kappa shape index (κ1) is 13.0. The van der Waals surface area contributed by atoms with E-state index in [2.05, 4.69) is 36.4 Å². The van der Waals surface area contributed by atoms with Crippen LogP contribution in [0.1, 0.15) is 20.3 Å². The van der Waals surface area contributed by atoms with E-state index in [1.807, 2.05) is 0 Å². The molecule has 0 aromatic carbocycles. The van der Waals surface area contributed by atoms with Crippen molar-refractivity contribution in [2.24, 2.45) is 5.92 Å². The van der Waals surface area contributed by atoms with Crippen molar-refractivity contribution in [2.75, 3.05) is 0 Å². The van der Waals surface area contributed by atoms with Crippen molar-refractivity contribution >= 4 is 44.5 Å². The predicted octanol–water partition coefficient (Wildman–Crippen LogP) is 1.77. The van der Waals surface area contributed by atoms with Gasteiger partial charge in [-0.15, -0.1) is 11.8 Å². The van der Waals surface area contributed by atoms with Crippen molar-refractivity contribution in [1.82, 2.24) is 0 Å². The summed E-state index contributed by atoms with van der Waals surface area (Å²) in [4.78, 5) is 0. The van der Waals surface area contributed by atoms with Gasteiger partial charge in [0.25, 0.3) is 10.1 Å². The maximum absolute atomic E-state index is 11.8. The zero-order chi connectivity index (χ0) is 12.4. The van der Waals surface area contributed by atoms with Crippen LogP contribution in [0.15, 0.2) is 0 Å². The maximum atomic E-state index is 11.8. The normalized spacial score (nSPS) is 47.9. The smallest absolute Gasteiger partial charge is 0.271 e. The van der Waals surface area contributed by atoms with Gasteiger partial charge >= 0.3 is 0 Å². The molecule has 4 nitrogen and oxygen atoms in total. The quantitative estimate of drug-likeness (QED) is 0.418. The monoisotopic (exact) mass is 390 g/mol. The fourth-order valence-corrected chi connectivity index (χ4v) is 7.19. The van der Waals surface area contributed by atoms with Crippen LogP contribution in [-0.2, 0) is 19.0 Å². The summed E-state index contributed by atoms with van der Waals surface area (Å²) in [6, 6.07) is 0. The van der Waals surface area contributed by atoms with Crippen LogP contribution in [0, 0.1) is 5.92 Å². The molecule has 0 radical (unpaired) electrons. The Bertz CT molecular complexity index is 424. The summed E-state index contributed by atoms with van der Waals surface area (Å²) < 4.78 is 34.9. The van der Waals surface area contributed by atoms with Gasteiger partial charge < -0.3 is 4.74 Å². The summed E-state index contributed by atoms with van der Waals surface area (Å²) in [7, 11) is -3.32. The lowest BCUT2D eigenvalue weighted by atomic mass is 9.94. The molecule has 7 heteroatoms. The second-order valence-corrected chi connectivity index (χ2v) is 9.60. The van der Waals surface area contributed by atoms with Gasteiger partial charge in [0.15, 0.2) is 0 Å². The molecule has 6 atom stereocenters. The number of alkyl halides is 1. The average molecular weight is 390 g/mol. The summed E-state index contributed by atoms with van der Waals surface area (Å²) in [6.07, 6.45) is 0.396. The van der Waals surface area contributed by atoms with E-state index in [4.69, 9.17) is 8.92 Å². The Morgan fingerprint density at radius 3 is 2.82 bits per heavy atom. The Hall–Kier alpha value is 0.950. The van der Waals surface area contributed by atoms with E-state index in [0.29, 0.717) is 17.6 Å². The minimum atomic E-state index is -3.32. The Kier molecular flexibility index (Phi) is 3.22. The number of hydrogen-bond acceptors (Lipinski definition) is 5. The lowest BCUT2D eigenvalue weighted by Gasteiger charge is -2.27. The number of rotatable bonds is 3. The first-order valence-corrected chi connectivity index (χ1v) is 9.43. The molecular formula is C10H15IO4S2. The van der Waals surface area contributed by atoms with Gasteiger partial charge in [0.1, 0.15) is 15.5 Å². The number of fused-ring (bicyclic) bond motifs is 1. The lowest BCUT2D eigenvalue weighted by molar-refractivity contribution is -0.0342. The van der Waals surface area contributed by atoms with Gasteiger partial charge in [-0.2, -0.15) is 8.42 Å². The van der Waals surface area contributed by atoms with Gasteiger partial charge in [-0.05, 0) is 12.3 Å². The molecule has 0 spiro atoms. The Balaban J connectivity index is 1.78. The number of thioether (sulfide) groups is 1. The van der Waals surface area contributed by atoms with Gasteiger partial charge in [-0.3, -0.25) is 4.18 Å². The van der Waals surface area contributed by atoms with E-state index in [9.17, 15) is 8.42 Å². The molecule has 3 aliphatic rings. The largest absolute Gasteiger partial charge is 0.360 e. The van der Waals surface area contributed by atoms with Gasteiger partial charge in [0.2, 0.25) is 0 Å². The molecule has 3 saturated heterocycles. The average Bonchev–Trinajstić information content (AvgIpc) is 2.81. The molecule has 0 N–H and O–H groups in total. The van der Waals surface area contributed by atoms with Crippen LogP contribution in [0.2, 0.25) is 0 Å². The molecule has 17 heavy (non-hydrogen) atoms. The Morgan fingerprint density at radius 2 is 2.18 bits per heavy atom. The van der Waals surface area contributed by atoms with Crippen LogP contribution in [0.5, 0.6) is 0 Å². The van der Waals surface area contributed by atoms with Crippen LogP contribution in [-0.4, -0.2) is 40.5 Å². The second-order valence-electron chi connectivity index (χ2n) is 5.16. The third-order valence-electron chi connectivity index (χ3n) is 3.60. The molecule has 3 heterocycles. The maximum Gasteiger partial charge on any atom is 0.271 e. The summed E-state index contributed by atoms with van der Waals surface area (Å²) >= 11 is 4.02. The summed E-state index contributed by atoms with van der Waals surface area (Å²) in [6.45, 7) is 4.21. The van der Waals surface area contributed by atoms with E-state index >= 15 is 0 Å². The molecule has 0 aliphatic carbocycles. The van der Waals surface area contributed by atoms with Crippen molar-refractivity contribution in [1.29, 1.82) is 0 Å². The van der Waals surface area contributed by atoms with Gasteiger partial charge in [-0.1, -0.05) is 36.4 Å². The molecule has 3 fully saturated rings. The van der Waals surface area contributed by atoms with Crippen molar-refractivity contribution in [2.45, 2.75) is 52.3 Å². The summed E-state index contributed by atoms with van der Waals surface area (Å²) in [5.74, 6) is 0.425. The number of halogens is 1. The number of ether oxygens (including phenoxy) is 1. The molecule has 3 aliphatic heterocycles. The SMILES string of the molecule is CC(C)C(I)OC1C2CC3C(S2)C1OS3(=O)=O. The minimum Gasteiger partial charge on any atom is -0.360 e. The standard InChI is InChI=1S/C10H15IO4S2/c1-4(2)10(11)14-7-5-3-6-9(16-5)8(7)15-17(6,12)13/h4-10H,3H2,1-2H3. The van der Waals surface area contributed by atoms with Crippen molar-refractivity contribution in [3.63, 3.8) is 0 Å². The molecule has 0 saturated carbocycles. The summed E-state index contributed by atoms with van der Waals surface area (Å²) in [5, 5.41) is 0.114. The van der Waals surface area contributed by atoms with Crippen LogP contribution < -0.4 is 0 Å². The molecule has 0 aromatic heterocycles. The fraction of sp³-hybridized carbons (Fsp3) is 1.00. The first-order chi connectivity index (χ1) is 7.90. The van der Waals surface area contributed by atoms with Gasteiger partial charge in [0.05, 0.1) is 11.4 Å². The molecule has 0 amide bonds. The highest BCUT2D eigenvalue weighted by atomic mass is 127. The molecule has 0 aromatic rings. The van der Waals surface area contributed by atoms with Gasteiger partial charge in [-0.25, -0.2) is 0 Å². The van der Waals surface area contributed by atoms with Crippen molar-refractivity contribution in [3.8, 4) is 0 Å². The van der Waals surface area contributed by atoms with E-state index in [1.54, 1.807) is 11.8 Å². The lowest BCUT2D eigenvalue weighted by Crippen LogP contribution is -2.42. The minimum absolute atomic E-state index is 0.0529. The number of hydrogen-bond donors (Lipinski definition) is 0. The second kappa shape index (κ2) is 4.22. The highest BCUT2D eigenvalue weighted by molar-refractivity contribution is 14.1. The third-order valence-corrected chi connectivity index (χ3v) is 8.95. The highest BCUT2D eigenvalue weighted by Gasteiger charge is 2.65. The fourth-order valence-electron chi connectivity index (χ4n) is 2.70. The van der Waals surface area contributed by atoms with E-state index in [1.165, 1.54) is 0 Å². The Morgan fingerprint density at radius 1 is 1.47 bits per heavy atom. The Labute approximate surface area is 119 Å². The van der Waals surface area contributed by atoms with Crippen molar-refractivity contribution < 1.29 is 17.3 Å². The molecule has 2 bridgehead atoms. The van der Waals surface area contributed by atoms with Crippen LogP contribution in [0.4, 0.5) is 0 Å². The summed E-state index contributed by atoms with van der Waals surface area (Å²) in [5.41, 5.74) is 0. The zero-order valence-electron chi connectivity index (χ0n) is 9.58. The van der Waals surface area contributed by atoms with E-state index in [0.717, 1.165) is 0 Å². The zero-order valence-corrected chi connectivity index (χ0v) is 13.4. The molecular weight excluding hydrogens is 375 g/mol. The van der Waals surface area contributed by atoms with Gasteiger partial charge in [0, 0.05) is 5.25 Å². The molecule has 3 rings (SSSR count). The highest BCUT2D eigenvalue weighted by Crippen LogP contribution is 2.56. The molecule has 6 unspecified atom stereocenters. The van der Waals surface area contributed by atoms with Crippen LogP contribution >= 0.6 is 34.4 Å². The van der Waals surface area contributed by atoms with Crippen LogP contribution in [0.25, 0.3) is 0 Å². The van der Waals surface area contributed by atoms with Crippen molar-refractivity contribution in [3.05, 3.63) is 0 Å². The molecule has 98 valence electrons. The topological polar surface area (TPSA) is 52.6 Å². The van der Waals surface area contributed by atoms with Crippen LogP contribution in [0.3, 0.4) is 0 Å². The van der Waals surface area contributed by atoms with E-state index < -0.39 is 10.1 Å². The first-order valence-electron chi connectivity index (χ1n) is 5.77. The predicted molar refractivity (Wildman–Crippen MR) is 74.9 cm³/mol. The third kappa shape index (κ3) is 1.96.